The minimum atomic E-state index is -3.54. The summed E-state index contributed by atoms with van der Waals surface area (Å²) in [7, 11) is -3.54. The molecule has 1 aromatic rings. The lowest BCUT2D eigenvalue weighted by Gasteiger charge is -2.19. The minimum absolute atomic E-state index is 0.242. The second kappa shape index (κ2) is 7.24. The molecule has 1 N–H and O–H groups in total. The van der Waals surface area contributed by atoms with Gasteiger partial charge in [0.1, 0.15) is 16.4 Å². The lowest BCUT2D eigenvalue weighted by atomic mass is 10.3. The molecule has 0 fully saturated rings. The number of hydrogen-bond donors (Lipinski definition) is 1. The summed E-state index contributed by atoms with van der Waals surface area (Å²) in [6.45, 7) is 14.4. The standard InChI is InChI=1S/C15H26N2O3S/c1-7-17(10-11(2)3)21(18,19)15-8-14(20-13(15)6)9-16-12(4)5/h8,12,16H,2,7,9-10H2,1,3-6H3. The van der Waals surface area contributed by atoms with Crippen molar-refractivity contribution in [3.63, 3.8) is 0 Å². The molecule has 0 atom stereocenters. The van der Waals surface area contributed by atoms with E-state index >= 15 is 0 Å². The van der Waals surface area contributed by atoms with Gasteiger partial charge in [-0.25, -0.2) is 8.42 Å². The molecule has 0 aromatic carbocycles. The number of sulfonamides is 1. The highest BCUT2D eigenvalue weighted by Crippen LogP contribution is 2.24. The number of likely N-dealkylation sites (N-methyl/N-ethyl adjacent to an activating group) is 1. The van der Waals surface area contributed by atoms with Crippen LogP contribution in [0.4, 0.5) is 0 Å². The zero-order valence-corrected chi connectivity index (χ0v) is 14.4. The maximum absolute atomic E-state index is 12.7. The molecule has 1 rings (SSSR count). The van der Waals surface area contributed by atoms with Gasteiger partial charge in [0, 0.05) is 25.2 Å². The molecule has 0 radical (unpaired) electrons. The smallest absolute Gasteiger partial charge is 0.246 e. The molecule has 120 valence electrons. The molecular formula is C15H26N2O3S. The quantitative estimate of drug-likeness (QED) is 0.749. The van der Waals surface area contributed by atoms with Crippen LogP contribution in [-0.4, -0.2) is 31.9 Å². The van der Waals surface area contributed by atoms with E-state index in [1.54, 1.807) is 13.0 Å². The van der Waals surface area contributed by atoms with Crippen molar-refractivity contribution in [3.05, 3.63) is 29.7 Å². The van der Waals surface area contributed by atoms with Crippen molar-refractivity contribution < 1.29 is 12.8 Å². The molecule has 0 aliphatic heterocycles. The predicted molar refractivity (Wildman–Crippen MR) is 84.7 cm³/mol. The van der Waals surface area contributed by atoms with Crippen LogP contribution in [0.1, 0.15) is 39.2 Å². The van der Waals surface area contributed by atoms with Gasteiger partial charge >= 0.3 is 0 Å². The fourth-order valence-corrected chi connectivity index (χ4v) is 3.67. The van der Waals surface area contributed by atoms with E-state index in [1.807, 2.05) is 27.7 Å². The van der Waals surface area contributed by atoms with E-state index in [0.717, 1.165) is 5.57 Å². The van der Waals surface area contributed by atoms with Crippen LogP contribution < -0.4 is 5.32 Å². The molecule has 0 bridgehead atoms. The molecular weight excluding hydrogens is 288 g/mol. The maximum Gasteiger partial charge on any atom is 0.246 e. The van der Waals surface area contributed by atoms with E-state index in [9.17, 15) is 8.42 Å². The monoisotopic (exact) mass is 314 g/mol. The van der Waals surface area contributed by atoms with E-state index in [-0.39, 0.29) is 4.90 Å². The number of rotatable bonds is 8. The molecule has 0 aliphatic rings. The van der Waals surface area contributed by atoms with Gasteiger partial charge in [-0.05, 0) is 13.8 Å². The van der Waals surface area contributed by atoms with Crippen LogP contribution in [-0.2, 0) is 16.6 Å². The molecule has 0 saturated heterocycles. The molecule has 1 heterocycles. The Bertz CT molecular complexity index is 588. The van der Waals surface area contributed by atoms with E-state index in [2.05, 4.69) is 11.9 Å². The normalized spacial score (nSPS) is 12.3. The summed E-state index contributed by atoms with van der Waals surface area (Å²) in [4.78, 5) is 0.242. The van der Waals surface area contributed by atoms with Crippen molar-refractivity contribution >= 4 is 10.0 Å². The topological polar surface area (TPSA) is 62.6 Å². The number of hydrogen-bond acceptors (Lipinski definition) is 4. The number of nitrogens with one attached hydrogen (secondary N) is 1. The van der Waals surface area contributed by atoms with Gasteiger partial charge in [-0.15, -0.1) is 0 Å². The molecule has 0 spiro atoms. The lowest BCUT2D eigenvalue weighted by molar-refractivity contribution is 0.436. The molecule has 6 heteroatoms. The highest BCUT2D eigenvalue weighted by atomic mass is 32.2. The van der Waals surface area contributed by atoms with Crippen LogP contribution in [0.5, 0.6) is 0 Å². The summed E-state index contributed by atoms with van der Waals surface area (Å²) in [5.74, 6) is 1.06. The van der Waals surface area contributed by atoms with Gasteiger partial charge < -0.3 is 9.73 Å². The fraction of sp³-hybridized carbons (Fsp3) is 0.600. The minimum Gasteiger partial charge on any atom is -0.464 e. The first-order valence-electron chi connectivity index (χ1n) is 7.15. The Morgan fingerprint density at radius 3 is 2.57 bits per heavy atom. The molecule has 0 saturated carbocycles. The van der Waals surface area contributed by atoms with Crippen molar-refractivity contribution in [1.29, 1.82) is 0 Å². The summed E-state index contributed by atoms with van der Waals surface area (Å²) in [6.07, 6.45) is 0. The van der Waals surface area contributed by atoms with Gasteiger partial charge in [0.25, 0.3) is 0 Å². The van der Waals surface area contributed by atoms with Crippen LogP contribution >= 0.6 is 0 Å². The zero-order valence-electron chi connectivity index (χ0n) is 13.6. The van der Waals surface area contributed by atoms with Crippen LogP contribution in [0, 0.1) is 6.92 Å². The summed E-state index contributed by atoms with van der Waals surface area (Å²) in [5, 5.41) is 3.21. The summed E-state index contributed by atoms with van der Waals surface area (Å²) in [6, 6.07) is 1.92. The SMILES string of the molecule is C=C(C)CN(CC)S(=O)(=O)c1cc(CNC(C)C)oc1C. The first-order valence-corrected chi connectivity index (χ1v) is 8.59. The number of aryl methyl sites for hydroxylation is 1. The van der Waals surface area contributed by atoms with Crippen LogP contribution in [0.15, 0.2) is 27.5 Å². The zero-order chi connectivity index (χ0) is 16.2. The Morgan fingerprint density at radius 1 is 1.48 bits per heavy atom. The van der Waals surface area contributed by atoms with E-state index in [1.165, 1.54) is 4.31 Å². The van der Waals surface area contributed by atoms with Crippen LogP contribution in [0.2, 0.25) is 0 Å². The second-order valence-electron chi connectivity index (χ2n) is 5.56. The third-order valence-corrected chi connectivity index (χ3v) is 5.05. The Morgan fingerprint density at radius 2 is 2.10 bits per heavy atom. The van der Waals surface area contributed by atoms with Gasteiger partial charge in [0.2, 0.25) is 10.0 Å². The van der Waals surface area contributed by atoms with E-state index in [0.29, 0.717) is 37.2 Å². The summed E-state index contributed by atoms with van der Waals surface area (Å²) < 4.78 is 32.3. The fourth-order valence-electron chi connectivity index (χ4n) is 1.98. The number of nitrogens with zero attached hydrogens (tertiary/aromatic N) is 1. The van der Waals surface area contributed by atoms with Crippen molar-refractivity contribution in [3.8, 4) is 0 Å². The first-order chi connectivity index (χ1) is 9.68. The lowest BCUT2D eigenvalue weighted by Crippen LogP contribution is -2.32. The summed E-state index contributed by atoms with van der Waals surface area (Å²) >= 11 is 0. The highest BCUT2D eigenvalue weighted by Gasteiger charge is 2.27. The van der Waals surface area contributed by atoms with Crippen molar-refractivity contribution in [2.75, 3.05) is 13.1 Å². The third-order valence-electron chi connectivity index (χ3n) is 3.02. The van der Waals surface area contributed by atoms with E-state index in [4.69, 9.17) is 4.42 Å². The second-order valence-corrected chi connectivity index (χ2v) is 7.46. The molecule has 0 aliphatic carbocycles. The van der Waals surface area contributed by atoms with Gasteiger partial charge in [-0.1, -0.05) is 32.9 Å². The Balaban J connectivity index is 3.04. The summed E-state index contributed by atoms with van der Waals surface area (Å²) in [5.41, 5.74) is 0.809. The Hall–Kier alpha value is -1.11. The molecule has 21 heavy (non-hydrogen) atoms. The molecule has 0 unspecified atom stereocenters. The van der Waals surface area contributed by atoms with Gasteiger partial charge in [0.05, 0.1) is 6.54 Å². The Labute approximate surface area is 128 Å². The van der Waals surface area contributed by atoms with Crippen molar-refractivity contribution in [1.82, 2.24) is 9.62 Å². The Kier molecular flexibility index (Phi) is 6.19. The third kappa shape index (κ3) is 4.69. The average molecular weight is 314 g/mol. The predicted octanol–water partition coefficient (Wildman–Crippen LogP) is 2.67. The van der Waals surface area contributed by atoms with Gasteiger partial charge in [-0.2, -0.15) is 4.31 Å². The number of furan rings is 1. The van der Waals surface area contributed by atoms with Crippen molar-refractivity contribution in [2.45, 2.75) is 52.1 Å². The van der Waals surface area contributed by atoms with Crippen LogP contribution in [0.25, 0.3) is 0 Å². The highest BCUT2D eigenvalue weighted by molar-refractivity contribution is 7.89. The molecule has 1 aromatic heterocycles. The van der Waals surface area contributed by atoms with Crippen molar-refractivity contribution in [2.24, 2.45) is 0 Å². The maximum atomic E-state index is 12.7. The molecule has 0 amide bonds. The van der Waals surface area contributed by atoms with Crippen LogP contribution in [0.3, 0.4) is 0 Å². The average Bonchev–Trinajstić information content (AvgIpc) is 2.75. The first kappa shape index (κ1) is 17.9. The van der Waals surface area contributed by atoms with Gasteiger partial charge in [-0.3, -0.25) is 0 Å². The largest absolute Gasteiger partial charge is 0.464 e. The molecule has 5 nitrogen and oxygen atoms in total. The van der Waals surface area contributed by atoms with E-state index < -0.39 is 10.0 Å². The van der Waals surface area contributed by atoms with Gasteiger partial charge in [0.15, 0.2) is 0 Å².